The standard InChI is InChI=1S/C12H15F2NO3S/c1-12(3-2-4-12)15-19(17,18)10-6-8(7-16)5-9(13)11(10)14/h5-6,15-16H,2-4,7H2,1H3. The number of aliphatic hydroxyl groups excluding tert-OH is 1. The van der Waals surface area contributed by atoms with Gasteiger partial charge in [0.1, 0.15) is 4.90 Å². The number of nitrogens with one attached hydrogen (secondary N) is 1. The van der Waals surface area contributed by atoms with Crippen molar-refractivity contribution in [3.63, 3.8) is 0 Å². The van der Waals surface area contributed by atoms with E-state index >= 15 is 0 Å². The lowest BCUT2D eigenvalue weighted by Crippen LogP contribution is -2.50. The topological polar surface area (TPSA) is 66.4 Å². The van der Waals surface area contributed by atoms with E-state index in [2.05, 4.69) is 4.72 Å². The van der Waals surface area contributed by atoms with Crippen molar-refractivity contribution >= 4 is 10.0 Å². The highest BCUT2D eigenvalue weighted by atomic mass is 32.2. The van der Waals surface area contributed by atoms with Gasteiger partial charge in [0.2, 0.25) is 10.0 Å². The van der Waals surface area contributed by atoms with Crippen molar-refractivity contribution < 1.29 is 22.3 Å². The molecule has 0 bridgehead atoms. The van der Waals surface area contributed by atoms with Crippen molar-refractivity contribution in [3.05, 3.63) is 29.3 Å². The molecule has 0 atom stereocenters. The van der Waals surface area contributed by atoms with Crippen LogP contribution in [0.1, 0.15) is 31.7 Å². The van der Waals surface area contributed by atoms with Crippen LogP contribution in [0.15, 0.2) is 17.0 Å². The Bertz CT molecular complexity index is 597. The third-order valence-corrected chi connectivity index (χ3v) is 5.00. The second-order valence-corrected chi connectivity index (χ2v) is 6.72. The summed E-state index contributed by atoms with van der Waals surface area (Å²) in [5, 5.41) is 8.93. The SMILES string of the molecule is CC1(NS(=O)(=O)c2cc(CO)cc(F)c2F)CCC1. The zero-order valence-electron chi connectivity index (χ0n) is 10.4. The molecule has 2 N–H and O–H groups in total. The average Bonchev–Trinajstić information content (AvgIpc) is 2.29. The fourth-order valence-corrected chi connectivity index (χ4v) is 3.70. The highest BCUT2D eigenvalue weighted by Crippen LogP contribution is 2.33. The van der Waals surface area contributed by atoms with E-state index in [1.165, 1.54) is 0 Å². The molecule has 1 aliphatic carbocycles. The van der Waals surface area contributed by atoms with Gasteiger partial charge in [0.25, 0.3) is 0 Å². The van der Waals surface area contributed by atoms with Crippen molar-refractivity contribution in [1.29, 1.82) is 0 Å². The maximum atomic E-state index is 13.6. The van der Waals surface area contributed by atoms with Gasteiger partial charge in [-0.25, -0.2) is 21.9 Å². The fourth-order valence-electron chi connectivity index (χ4n) is 2.09. The van der Waals surface area contributed by atoms with E-state index in [4.69, 9.17) is 5.11 Å². The molecule has 1 aromatic rings. The molecule has 0 aromatic heterocycles. The Morgan fingerprint density at radius 3 is 2.47 bits per heavy atom. The molecule has 106 valence electrons. The Balaban J connectivity index is 2.42. The van der Waals surface area contributed by atoms with Gasteiger partial charge in [0.05, 0.1) is 6.61 Å². The third-order valence-electron chi connectivity index (χ3n) is 3.36. The normalized spacial score (nSPS) is 18.1. The number of sulfonamides is 1. The molecule has 0 unspecified atom stereocenters. The van der Waals surface area contributed by atoms with Gasteiger partial charge in [-0.3, -0.25) is 0 Å². The maximum Gasteiger partial charge on any atom is 0.244 e. The Labute approximate surface area is 110 Å². The number of hydrogen-bond acceptors (Lipinski definition) is 3. The minimum absolute atomic E-state index is 0.0121. The van der Waals surface area contributed by atoms with Gasteiger partial charge in [-0.1, -0.05) is 0 Å². The molecule has 0 radical (unpaired) electrons. The van der Waals surface area contributed by atoms with Gasteiger partial charge in [-0.05, 0) is 43.9 Å². The summed E-state index contributed by atoms with van der Waals surface area (Å²) in [4.78, 5) is -0.760. The molecular formula is C12H15F2NO3S. The molecule has 4 nitrogen and oxygen atoms in total. The Morgan fingerprint density at radius 2 is 2.00 bits per heavy atom. The zero-order valence-corrected chi connectivity index (χ0v) is 11.2. The summed E-state index contributed by atoms with van der Waals surface area (Å²) in [6, 6.07) is 1.72. The van der Waals surface area contributed by atoms with Crippen LogP contribution in [0.3, 0.4) is 0 Å². The number of halogens is 2. The molecule has 19 heavy (non-hydrogen) atoms. The monoisotopic (exact) mass is 291 g/mol. The van der Waals surface area contributed by atoms with E-state index in [-0.39, 0.29) is 5.56 Å². The second kappa shape index (κ2) is 4.81. The van der Waals surface area contributed by atoms with Crippen molar-refractivity contribution in [3.8, 4) is 0 Å². The van der Waals surface area contributed by atoms with Crippen LogP contribution in [0.2, 0.25) is 0 Å². The lowest BCUT2D eigenvalue weighted by molar-refractivity contribution is 0.247. The van der Waals surface area contributed by atoms with Crippen molar-refractivity contribution in [2.75, 3.05) is 0 Å². The first-order chi connectivity index (χ1) is 8.77. The predicted octanol–water partition coefficient (Wildman–Crippen LogP) is 1.68. The second-order valence-electron chi connectivity index (χ2n) is 5.07. The minimum Gasteiger partial charge on any atom is -0.392 e. The highest BCUT2D eigenvalue weighted by molar-refractivity contribution is 7.89. The van der Waals surface area contributed by atoms with Crippen LogP contribution in [0.4, 0.5) is 8.78 Å². The van der Waals surface area contributed by atoms with Crippen molar-refractivity contribution in [1.82, 2.24) is 4.72 Å². The summed E-state index contributed by atoms with van der Waals surface area (Å²) >= 11 is 0. The molecule has 0 saturated heterocycles. The lowest BCUT2D eigenvalue weighted by atomic mass is 9.80. The van der Waals surface area contributed by atoms with Crippen LogP contribution < -0.4 is 4.72 Å². The maximum absolute atomic E-state index is 13.6. The van der Waals surface area contributed by atoms with E-state index in [1.807, 2.05) is 0 Å². The molecule has 1 saturated carbocycles. The van der Waals surface area contributed by atoms with Gasteiger partial charge in [-0.2, -0.15) is 0 Å². The zero-order chi connectivity index (χ0) is 14.3. The summed E-state index contributed by atoms with van der Waals surface area (Å²) in [5.74, 6) is -2.71. The number of aliphatic hydroxyl groups is 1. The summed E-state index contributed by atoms with van der Waals surface area (Å²) < 4.78 is 53.5. The smallest absolute Gasteiger partial charge is 0.244 e. The number of benzene rings is 1. The summed E-state index contributed by atoms with van der Waals surface area (Å²) in [7, 11) is -4.14. The van der Waals surface area contributed by atoms with E-state index in [0.717, 1.165) is 18.6 Å². The molecule has 1 aliphatic rings. The van der Waals surface area contributed by atoms with E-state index < -0.39 is 38.7 Å². The van der Waals surface area contributed by atoms with Crippen LogP contribution >= 0.6 is 0 Å². The third kappa shape index (κ3) is 2.77. The van der Waals surface area contributed by atoms with Gasteiger partial charge >= 0.3 is 0 Å². The van der Waals surface area contributed by atoms with E-state index in [0.29, 0.717) is 12.8 Å². The van der Waals surface area contributed by atoms with E-state index in [9.17, 15) is 17.2 Å². The molecule has 0 aliphatic heterocycles. The predicted molar refractivity (Wildman–Crippen MR) is 64.9 cm³/mol. The minimum atomic E-state index is -4.14. The summed E-state index contributed by atoms with van der Waals surface area (Å²) in [5.41, 5.74) is -0.588. The van der Waals surface area contributed by atoms with Crippen LogP contribution in [-0.2, 0) is 16.6 Å². The quantitative estimate of drug-likeness (QED) is 0.887. The first kappa shape index (κ1) is 14.4. The molecule has 1 fully saturated rings. The molecule has 1 aromatic carbocycles. The fraction of sp³-hybridized carbons (Fsp3) is 0.500. The molecule has 7 heteroatoms. The van der Waals surface area contributed by atoms with Crippen LogP contribution in [0.5, 0.6) is 0 Å². The van der Waals surface area contributed by atoms with Crippen LogP contribution in [0.25, 0.3) is 0 Å². The largest absolute Gasteiger partial charge is 0.392 e. The summed E-state index contributed by atoms with van der Waals surface area (Å²) in [6.45, 7) is 1.16. The highest BCUT2D eigenvalue weighted by Gasteiger charge is 2.37. The Hall–Kier alpha value is -1.05. The van der Waals surface area contributed by atoms with Crippen molar-refractivity contribution in [2.24, 2.45) is 0 Å². The van der Waals surface area contributed by atoms with Crippen LogP contribution in [-0.4, -0.2) is 19.1 Å². The van der Waals surface area contributed by atoms with Gasteiger partial charge in [0, 0.05) is 5.54 Å². The Kier molecular flexibility index (Phi) is 3.63. The molecule has 2 rings (SSSR count). The van der Waals surface area contributed by atoms with Crippen LogP contribution in [0, 0.1) is 11.6 Å². The first-order valence-corrected chi connectivity index (χ1v) is 7.38. The number of rotatable bonds is 4. The van der Waals surface area contributed by atoms with Crippen molar-refractivity contribution in [2.45, 2.75) is 43.2 Å². The molecule has 0 heterocycles. The summed E-state index contributed by atoms with van der Waals surface area (Å²) in [6.07, 6.45) is 2.22. The van der Waals surface area contributed by atoms with Gasteiger partial charge in [-0.15, -0.1) is 0 Å². The first-order valence-electron chi connectivity index (χ1n) is 5.90. The molecule has 0 amide bonds. The van der Waals surface area contributed by atoms with E-state index in [1.54, 1.807) is 6.92 Å². The molecular weight excluding hydrogens is 276 g/mol. The lowest BCUT2D eigenvalue weighted by Gasteiger charge is -2.38. The van der Waals surface area contributed by atoms with Gasteiger partial charge < -0.3 is 5.11 Å². The number of hydrogen-bond donors (Lipinski definition) is 2. The molecule has 0 spiro atoms. The Morgan fingerprint density at radius 1 is 1.37 bits per heavy atom. The average molecular weight is 291 g/mol. The van der Waals surface area contributed by atoms with Gasteiger partial charge in [0.15, 0.2) is 11.6 Å².